The van der Waals surface area contributed by atoms with Gasteiger partial charge in [-0.2, -0.15) is 0 Å². The number of halogens is 2. The molecule has 0 N–H and O–H groups in total. The highest BCUT2D eigenvalue weighted by Gasteiger charge is 2.29. The normalized spacial score (nSPS) is 27.0. The summed E-state index contributed by atoms with van der Waals surface area (Å²) in [5.74, 6) is 0.535. The number of allylic oxidation sites excluding steroid dienone is 2. The monoisotopic (exact) mass is 236 g/mol. The van der Waals surface area contributed by atoms with Crippen LogP contribution in [0, 0.1) is 17.7 Å². The molecule has 4 heteroatoms. The summed E-state index contributed by atoms with van der Waals surface area (Å²) >= 11 is 5.56. The van der Waals surface area contributed by atoms with Crippen molar-refractivity contribution in [2.24, 2.45) is 16.8 Å². The highest BCUT2D eigenvalue weighted by molar-refractivity contribution is 6.29. The van der Waals surface area contributed by atoms with Crippen molar-refractivity contribution in [3.63, 3.8) is 0 Å². The van der Waals surface area contributed by atoms with Crippen molar-refractivity contribution in [3.05, 3.63) is 34.9 Å². The summed E-state index contributed by atoms with van der Waals surface area (Å²) in [5, 5.41) is -0.0656. The maximum atomic E-state index is 13.3. The van der Waals surface area contributed by atoms with E-state index in [2.05, 4.69) is 16.1 Å². The Morgan fingerprint density at radius 3 is 3.06 bits per heavy atom. The Morgan fingerprint density at radius 1 is 1.44 bits per heavy atom. The van der Waals surface area contributed by atoms with Gasteiger partial charge < -0.3 is 0 Å². The van der Waals surface area contributed by atoms with Gasteiger partial charge in [0.15, 0.2) is 11.0 Å². The summed E-state index contributed by atoms with van der Waals surface area (Å²) in [5.41, 5.74) is 1.99. The fourth-order valence-corrected chi connectivity index (χ4v) is 2.44. The summed E-state index contributed by atoms with van der Waals surface area (Å²) in [7, 11) is 0. The van der Waals surface area contributed by atoms with Crippen LogP contribution in [0.25, 0.3) is 5.57 Å². The molecule has 0 bridgehead atoms. The third-order valence-electron chi connectivity index (χ3n) is 3.20. The molecule has 1 aliphatic heterocycles. The van der Waals surface area contributed by atoms with E-state index in [-0.39, 0.29) is 5.15 Å². The van der Waals surface area contributed by atoms with Gasteiger partial charge in [-0.15, -0.1) is 0 Å². The number of aliphatic imine (C=N–C) groups is 1. The number of rotatable bonds is 1. The van der Waals surface area contributed by atoms with Crippen LogP contribution in [0.15, 0.2) is 23.3 Å². The zero-order valence-corrected chi connectivity index (χ0v) is 9.28. The van der Waals surface area contributed by atoms with Gasteiger partial charge in [-0.05, 0) is 29.5 Å². The molecule has 0 saturated carbocycles. The predicted molar refractivity (Wildman–Crippen MR) is 62.1 cm³/mol. The maximum absolute atomic E-state index is 13.3. The van der Waals surface area contributed by atoms with E-state index in [1.54, 1.807) is 6.20 Å². The summed E-state index contributed by atoms with van der Waals surface area (Å²) in [6, 6.07) is 1.46. The van der Waals surface area contributed by atoms with Gasteiger partial charge in [0.25, 0.3) is 0 Å². The Morgan fingerprint density at radius 2 is 2.31 bits per heavy atom. The van der Waals surface area contributed by atoms with Crippen molar-refractivity contribution in [1.82, 2.24) is 4.98 Å². The number of nitrogens with zero attached hydrogens (tertiary/aromatic N) is 2. The molecular formula is C12H10ClFN2. The molecule has 0 radical (unpaired) electrons. The summed E-state index contributed by atoms with van der Waals surface area (Å²) in [6.45, 7) is 0.883. The molecule has 2 nitrogen and oxygen atoms in total. The summed E-state index contributed by atoms with van der Waals surface area (Å²) in [6.07, 6.45) is 6.73. The lowest BCUT2D eigenvalue weighted by molar-refractivity contribution is 0.564. The van der Waals surface area contributed by atoms with Gasteiger partial charge in [0.2, 0.25) is 0 Å². The van der Waals surface area contributed by atoms with Gasteiger partial charge >= 0.3 is 0 Å². The highest BCUT2D eigenvalue weighted by Crippen LogP contribution is 2.38. The molecule has 0 fully saturated rings. The summed E-state index contributed by atoms with van der Waals surface area (Å²) < 4.78 is 13.3. The second-order valence-electron chi connectivity index (χ2n) is 4.24. The molecule has 2 atom stereocenters. The molecule has 2 heterocycles. The Bertz CT molecular complexity index is 496. The standard InChI is InChI=1S/C12H10ClFN2/c13-12-11(14)3-10(6-16-12)7-1-8-4-15-5-9(8)2-7/h1,3-4,6,8-9H,2,5H2. The molecule has 0 aromatic carbocycles. The molecule has 2 aliphatic rings. The third kappa shape index (κ3) is 1.55. The first-order valence-corrected chi connectivity index (χ1v) is 5.64. The smallest absolute Gasteiger partial charge is 0.164 e. The van der Waals surface area contributed by atoms with Gasteiger partial charge in [0.05, 0.1) is 0 Å². The van der Waals surface area contributed by atoms with E-state index in [9.17, 15) is 4.39 Å². The van der Waals surface area contributed by atoms with Crippen molar-refractivity contribution >= 4 is 23.4 Å². The van der Waals surface area contributed by atoms with E-state index < -0.39 is 5.82 Å². The first-order valence-electron chi connectivity index (χ1n) is 5.26. The first kappa shape index (κ1) is 9.97. The Labute approximate surface area is 97.9 Å². The Balaban J connectivity index is 1.93. The number of hydrogen-bond donors (Lipinski definition) is 0. The van der Waals surface area contributed by atoms with Gasteiger partial charge in [-0.3, -0.25) is 4.99 Å². The zero-order valence-electron chi connectivity index (χ0n) is 8.53. The van der Waals surface area contributed by atoms with Crippen LogP contribution in [0.1, 0.15) is 12.0 Å². The van der Waals surface area contributed by atoms with Gasteiger partial charge in [-0.25, -0.2) is 9.37 Å². The van der Waals surface area contributed by atoms with Crippen molar-refractivity contribution < 1.29 is 4.39 Å². The van der Waals surface area contributed by atoms with Gasteiger partial charge in [-0.1, -0.05) is 17.7 Å². The van der Waals surface area contributed by atoms with Crippen LogP contribution in [0.5, 0.6) is 0 Å². The lowest BCUT2D eigenvalue weighted by atomic mass is 9.98. The predicted octanol–water partition coefficient (Wildman–Crippen LogP) is 2.98. The number of aromatic nitrogens is 1. The van der Waals surface area contributed by atoms with Crippen molar-refractivity contribution in [3.8, 4) is 0 Å². The number of pyridine rings is 1. The van der Waals surface area contributed by atoms with Crippen molar-refractivity contribution in [2.75, 3.05) is 6.54 Å². The lowest BCUT2D eigenvalue weighted by Crippen LogP contribution is -2.04. The molecule has 1 aromatic heterocycles. The molecule has 0 spiro atoms. The van der Waals surface area contributed by atoms with E-state index in [1.807, 2.05) is 6.21 Å². The minimum Gasteiger partial charge on any atom is -0.297 e. The topological polar surface area (TPSA) is 25.2 Å². The molecule has 82 valence electrons. The van der Waals surface area contributed by atoms with Crippen molar-refractivity contribution in [2.45, 2.75) is 6.42 Å². The Kier molecular flexibility index (Phi) is 2.28. The van der Waals surface area contributed by atoms with E-state index in [0.29, 0.717) is 11.8 Å². The summed E-state index contributed by atoms with van der Waals surface area (Å²) in [4.78, 5) is 8.08. The minimum absolute atomic E-state index is 0.0656. The van der Waals surface area contributed by atoms with E-state index in [4.69, 9.17) is 11.6 Å². The molecular weight excluding hydrogens is 227 g/mol. The van der Waals surface area contributed by atoms with Crippen LogP contribution in [0.3, 0.4) is 0 Å². The van der Waals surface area contributed by atoms with E-state index in [0.717, 1.165) is 24.1 Å². The van der Waals surface area contributed by atoms with Crippen LogP contribution >= 0.6 is 11.6 Å². The highest BCUT2D eigenvalue weighted by atomic mass is 35.5. The van der Waals surface area contributed by atoms with Gasteiger partial charge in [0, 0.05) is 24.9 Å². The fourth-order valence-electron chi connectivity index (χ4n) is 2.33. The van der Waals surface area contributed by atoms with Crippen LogP contribution < -0.4 is 0 Å². The Hall–Kier alpha value is -1.22. The first-order chi connectivity index (χ1) is 7.74. The molecule has 2 unspecified atom stereocenters. The molecule has 0 saturated heterocycles. The molecule has 3 rings (SSSR count). The zero-order chi connectivity index (χ0) is 11.1. The van der Waals surface area contributed by atoms with Crippen LogP contribution in [-0.2, 0) is 0 Å². The van der Waals surface area contributed by atoms with E-state index in [1.165, 1.54) is 6.07 Å². The second-order valence-corrected chi connectivity index (χ2v) is 4.60. The van der Waals surface area contributed by atoms with Crippen LogP contribution in [0.2, 0.25) is 5.15 Å². The van der Waals surface area contributed by atoms with Crippen LogP contribution in [-0.4, -0.2) is 17.7 Å². The molecule has 16 heavy (non-hydrogen) atoms. The van der Waals surface area contributed by atoms with Crippen LogP contribution in [0.4, 0.5) is 4.39 Å². The third-order valence-corrected chi connectivity index (χ3v) is 3.48. The minimum atomic E-state index is -0.453. The average Bonchev–Trinajstić information content (AvgIpc) is 2.81. The fraction of sp³-hybridized carbons (Fsp3) is 0.333. The number of fused-ring (bicyclic) bond motifs is 1. The SMILES string of the molecule is Fc1cc(C2=CC3C=NCC3C2)cnc1Cl. The molecule has 1 aliphatic carbocycles. The molecule has 0 amide bonds. The maximum Gasteiger partial charge on any atom is 0.164 e. The van der Waals surface area contributed by atoms with E-state index >= 15 is 0 Å². The molecule has 1 aromatic rings. The van der Waals surface area contributed by atoms with Gasteiger partial charge in [0.1, 0.15) is 0 Å². The number of hydrogen-bond acceptors (Lipinski definition) is 2. The largest absolute Gasteiger partial charge is 0.297 e. The van der Waals surface area contributed by atoms with Crippen molar-refractivity contribution in [1.29, 1.82) is 0 Å². The average molecular weight is 237 g/mol. The lowest BCUT2D eigenvalue weighted by Gasteiger charge is -2.06. The quantitative estimate of drug-likeness (QED) is 0.689. The second kappa shape index (κ2) is 3.67.